The predicted molar refractivity (Wildman–Crippen MR) is 136 cm³/mol. The van der Waals surface area contributed by atoms with Gasteiger partial charge in [-0.15, -0.1) is 0 Å². The molecule has 1 aromatic carbocycles. The van der Waals surface area contributed by atoms with Crippen LogP contribution >= 0.6 is 23.2 Å². The Morgan fingerprint density at radius 3 is 2.51 bits per heavy atom. The monoisotopic (exact) mass is 520 g/mol. The first kappa shape index (κ1) is 25.5. The summed E-state index contributed by atoms with van der Waals surface area (Å²) in [6.45, 7) is 5.91. The van der Waals surface area contributed by atoms with Gasteiger partial charge in [-0.3, -0.25) is 4.68 Å². The number of anilines is 2. The molecule has 0 bridgehead atoms. The van der Waals surface area contributed by atoms with E-state index in [0.717, 1.165) is 50.3 Å². The van der Waals surface area contributed by atoms with E-state index in [1.807, 2.05) is 17.8 Å². The zero-order valence-corrected chi connectivity index (χ0v) is 21.6. The number of halogens is 2. The number of aromatic nitrogens is 4. The van der Waals surface area contributed by atoms with E-state index in [0.29, 0.717) is 39.1 Å². The van der Waals surface area contributed by atoms with Crippen LogP contribution in [0.4, 0.5) is 11.6 Å². The average molecular weight is 521 g/mol. The first-order valence-corrected chi connectivity index (χ1v) is 12.2. The molecule has 188 valence electrons. The summed E-state index contributed by atoms with van der Waals surface area (Å²) >= 11 is 12.8. The first-order valence-electron chi connectivity index (χ1n) is 11.5. The number of methoxy groups -OCH3 is 2. The Hall–Kier alpha value is -2.59. The topological polar surface area (TPSA) is 86.6 Å². The van der Waals surface area contributed by atoms with Crippen LogP contribution in [-0.2, 0) is 11.3 Å². The Morgan fingerprint density at radius 2 is 1.83 bits per heavy atom. The third-order valence-electron chi connectivity index (χ3n) is 6.07. The van der Waals surface area contributed by atoms with Crippen molar-refractivity contribution in [1.29, 1.82) is 0 Å². The molecule has 0 amide bonds. The van der Waals surface area contributed by atoms with Gasteiger partial charge in [-0.05, 0) is 31.4 Å². The van der Waals surface area contributed by atoms with Gasteiger partial charge in [0.2, 0.25) is 5.95 Å². The fraction of sp³-hybridized carbons (Fsp3) is 0.458. The number of nitrogens with one attached hydrogen (secondary N) is 1. The smallest absolute Gasteiger partial charge is 0.227 e. The highest BCUT2D eigenvalue weighted by Crippen LogP contribution is 2.36. The maximum atomic E-state index is 6.42. The molecule has 1 aliphatic rings. The molecule has 0 atom stereocenters. The van der Waals surface area contributed by atoms with Crippen LogP contribution in [0.15, 0.2) is 30.9 Å². The van der Waals surface area contributed by atoms with Gasteiger partial charge in [0.25, 0.3) is 0 Å². The van der Waals surface area contributed by atoms with Gasteiger partial charge in [-0.1, -0.05) is 23.2 Å². The molecular weight excluding hydrogens is 491 g/mol. The lowest BCUT2D eigenvalue weighted by molar-refractivity contribution is 0.119. The van der Waals surface area contributed by atoms with Crippen LogP contribution in [0, 0.1) is 6.92 Å². The van der Waals surface area contributed by atoms with E-state index in [-0.39, 0.29) is 6.61 Å². The molecule has 0 saturated carbocycles. The quantitative estimate of drug-likeness (QED) is 0.403. The molecule has 0 aliphatic carbocycles. The molecular formula is C24H30Cl2N6O3. The van der Waals surface area contributed by atoms with Crippen molar-refractivity contribution in [1.82, 2.24) is 24.6 Å². The Labute approximate surface area is 215 Å². The fourth-order valence-electron chi connectivity index (χ4n) is 4.05. The van der Waals surface area contributed by atoms with Crippen molar-refractivity contribution in [3.05, 3.63) is 52.0 Å². The second-order valence-electron chi connectivity index (χ2n) is 8.43. The minimum atomic E-state index is 0.170. The molecule has 1 fully saturated rings. The van der Waals surface area contributed by atoms with Gasteiger partial charge in [0.05, 0.1) is 54.1 Å². The van der Waals surface area contributed by atoms with Crippen molar-refractivity contribution in [2.45, 2.75) is 32.4 Å². The maximum Gasteiger partial charge on any atom is 0.227 e. The lowest BCUT2D eigenvalue weighted by atomic mass is 10.1. The number of piperidine rings is 1. The minimum Gasteiger partial charge on any atom is -0.495 e. The zero-order chi connectivity index (χ0) is 24.8. The van der Waals surface area contributed by atoms with Crippen LogP contribution < -0.4 is 14.8 Å². The Morgan fingerprint density at radius 1 is 1.09 bits per heavy atom. The van der Waals surface area contributed by atoms with Gasteiger partial charge >= 0.3 is 0 Å². The molecule has 9 nitrogen and oxygen atoms in total. The molecule has 1 saturated heterocycles. The first-order chi connectivity index (χ1) is 17.0. The van der Waals surface area contributed by atoms with Crippen LogP contribution in [0.1, 0.15) is 30.0 Å². The minimum absolute atomic E-state index is 0.170. The highest BCUT2D eigenvalue weighted by Gasteiger charge is 2.21. The van der Waals surface area contributed by atoms with Gasteiger partial charge in [0.1, 0.15) is 12.4 Å². The molecule has 1 N–H and O–H groups in total. The lowest BCUT2D eigenvalue weighted by Gasteiger charge is -2.31. The number of aryl methyl sites for hydroxylation is 1. The van der Waals surface area contributed by atoms with Gasteiger partial charge < -0.3 is 24.4 Å². The van der Waals surface area contributed by atoms with Crippen molar-refractivity contribution >= 4 is 34.8 Å². The molecule has 1 aliphatic heterocycles. The highest BCUT2D eigenvalue weighted by molar-refractivity contribution is 6.37. The van der Waals surface area contributed by atoms with Crippen molar-refractivity contribution in [3.63, 3.8) is 0 Å². The van der Waals surface area contributed by atoms with E-state index < -0.39 is 0 Å². The number of ether oxygens (including phenoxy) is 3. The number of hydrogen-bond donors (Lipinski definition) is 1. The molecule has 11 heteroatoms. The number of nitrogens with zero attached hydrogens (tertiary/aromatic N) is 5. The second kappa shape index (κ2) is 11.9. The van der Waals surface area contributed by atoms with E-state index in [1.165, 1.54) is 0 Å². The summed E-state index contributed by atoms with van der Waals surface area (Å²) in [5.74, 6) is 1.51. The molecule has 3 heterocycles. The van der Waals surface area contributed by atoms with E-state index in [2.05, 4.69) is 25.3 Å². The van der Waals surface area contributed by atoms with Gasteiger partial charge in [-0.25, -0.2) is 9.97 Å². The summed E-state index contributed by atoms with van der Waals surface area (Å²) in [4.78, 5) is 11.1. The summed E-state index contributed by atoms with van der Waals surface area (Å²) < 4.78 is 18.3. The van der Waals surface area contributed by atoms with Gasteiger partial charge in [0.15, 0.2) is 5.75 Å². The molecule has 0 radical (unpaired) electrons. The molecule has 4 rings (SSSR count). The van der Waals surface area contributed by atoms with Gasteiger partial charge in [-0.2, -0.15) is 5.10 Å². The van der Waals surface area contributed by atoms with Crippen molar-refractivity contribution < 1.29 is 14.2 Å². The molecule has 3 aromatic rings. The normalized spacial score (nSPS) is 14.8. The highest BCUT2D eigenvalue weighted by atomic mass is 35.5. The van der Waals surface area contributed by atoms with Crippen molar-refractivity contribution in [3.8, 4) is 11.5 Å². The van der Waals surface area contributed by atoms with Crippen LogP contribution in [0.2, 0.25) is 10.0 Å². The number of benzene rings is 1. The summed E-state index contributed by atoms with van der Waals surface area (Å²) in [5.41, 5.74) is 2.36. The summed E-state index contributed by atoms with van der Waals surface area (Å²) in [5, 5.41) is 8.71. The van der Waals surface area contributed by atoms with Gasteiger partial charge in [0, 0.05) is 38.5 Å². The predicted octanol–water partition coefficient (Wildman–Crippen LogP) is 4.90. The summed E-state index contributed by atoms with van der Waals surface area (Å²) in [6, 6.07) is 2.19. The molecule has 0 spiro atoms. The Balaban J connectivity index is 1.31. The van der Waals surface area contributed by atoms with Crippen molar-refractivity contribution in [2.75, 3.05) is 45.8 Å². The molecule has 2 aromatic heterocycles. The van der Waals surface area contributed by atoms with E-state index in [1.54, 1.807) is 38.9 Å². The number of likely N-dealkylation sites (tertiary alicyclic amines) is 1. The van der Waals surface area contributed by atoms with Crippen LogP contribution in [0.5, 0.6) is 11.5 Å². The Bertz CT molecular complexity index is 1120. The lowest BCUT2D eigenvalue weighted by Crippen LogP contribution is -2.36. The summed E-state index contributed by atoms with van der Waals surface area (Å²) in [6.07, 6.45) is 9.12. The Kier molecular flexibility index (Phi) is 8.67. The largest absolute Gasteiger partial charge is 0.495 e. The van der Waals surface area contributed by atoms with E-state index in [9.17, 15) is 0 Å². The third-order valence-corrected chi connectivity index (χ3v) is 7.01. The summed E-state index contributed by atoms with van der Waals surface area (Å²) in [7, 11) is 3.31. The SMILES string of the molecule is COCCN1CCC(n2cc(Nc3ncc(OCc4c(Cl)c(C)cc(OC)c4Cl)cn3)cn2)CC1. The average Bonchev–Trinajstić information content (AvgIpc) is 3.34. The third kappa shape index (κ3) is 6.35. The fourth-order valence-corrected chi connectivity index (χ4v) is 4.58. The number of hydrogen-bond acceptors (Lipinski definition) is 8. The zero-order valence-electron chi connectivity index (χ0n) is 20.1. The van der Waals surface area contributed by atoms with Crippen molar-refractivity contribution in [2.24, 2.45) is 0 Å². The van der Waals surface area contributed by atoms with Crippen LogP contribution in [0.25, 0.3) is 0 Å². The molecule has 35 heavy (non-hydrogen) atoms. The molecule has 0 unspecified atom stereocenters. The standard InChI is InChI=1S/C24H30Cl2N6O3/c1-16-10-21(34-3)23(26)20(22(16)25)15-35-19-12-27-24(28-13-19)30-17-11-29-32(14-17)18-4-6-31(7-5-18)8-9-33-2/h10-14,18H,4-9,15H2,1-3H3,(H,27,28,30). The van der Waals surface area contributed by atoms with Crippen LogP contribution in [0.3, 0.4) is 0 Å². The van der Waals surface area contributed by atoms with E-state index >= 15 is 0 Å². The van der Waals surface area contributed by atoms with E-state index in [4.69, 9.17) is 37.4 Å². The second-order valence-corrected chi connectivity index (χ2v) is 9.19. The number of rotatable bonds is 10. The maximum absolute atomic E-state index is 6.42. The van der Waals surface area contributed by atoms with Crippen LogP contribution in [-0.4, -0.2) is 65.1 Å².